The normalized spacial score (nSPS) is 18.2. The fraction of sp³-hybridized carbons (Fsp3) is 0.286. The Balaban J connectivity index is 1.56. The standard InChI is InChI=1S/C21H20N2O4/c1-13-12-22(18-11-15(14(2)24)7-8-19(18)27-13)9-10-23-20(25)16-5-3-4-6-17(16)21(23)26/h3-8,11,13H,9-10,12H2,1-2H3. The van der Waals surface area contributed by atoms with E-state index in [1.807, 2.05) is 13.0 Å². The van der Waals surface area contributed by atoms with Crippen molar-refractivity contribution in [1.29, 1.82) is 0 Å². The zero-order chi connectivity index (χ0) is 19.1. The van der Waals surface area contributed by atoms with Crippen LogP contribution in [0.25, 0.3) is 0 Å². The predicted molar refractivity (Wildman–Crippen MR) is 101 cm³/mol. The molecular formula is C21H20N2O4. The van der Waals surface area contributed by atoms with Gasteiger partial charge in [0.05, 0.1) is 23.4 Å². The van der Waals surface area contributed by atoms with Crippen molar-refractivity contribution < 1.29 is 19.1 Å². The molecule has 0 aliphatic carbocycles. The lowest BCUT2D eigenvalue weighted by atomic mass is 10.1. The first-order chi connectivity index (χ1) is 13.0. The molecule has 2 aromatic rings. The molecule has 0 spiro atoms. The van der Waals surface area contributed by atoms with Crippen LogP contribution in [0, 0.1) is 0 Å². The molecule has 2 aromatic carbocycles. The van der Waals surface area contributed by atoms with E-state index in [2.05, 4.69) is 4.90 Å². The number of hydrogen-bond donors (Lipinski definition) is 0. The van der Waals surface area contributed by atoms with Crippen LogP contribution in [0.5, 0.6) is 5.75 Å². The maximum atomic E-state index is 12.6. The van der Waals surface area contributed by atoms with Crippen molar-refractivity contribution in [1.82, 2.24) is 4.90 Å². The quantitative estimate of drug-likeness (QED) is 0.616. The Kier molecular flexibility index (Phi) is 4.18. The predicted octanol–water partition coefficient (Wildman–Crippen LogP) is 2.77. The number of rotatable bonds is 4. The molecule has 0 fully saturated rings. The Hall–Kier alpha value is -3.15. The van der Waals surface area contributed by atoms with Crippen LogP contribution in [0.2, 0.25) is 0 Å². The van der Waals surface area contributed by atoms with Gasteiger partial charge in [0.1, 0.15) is 11.9 Å². The number of hydrogen-bond acceptors (Lipinski definition) is 5. The summed E-state index contributed by atoms with van der Waals surface area (Å²) in [6, 6.07) is 12.2. The van der Waals surface area contributed by atoms with Crippen LogP contribution >= 0.6 is 0 Å². The van der Waals surface area contributed by atoms with Crippen molar-refractivity contribution in [2.75, 3.05) is 24.5 Å². The van der Waals surface area contributed by atoms with Gasteiger partial charge in [0, 0.05) is 18.7 Å². The highest BCUT2D eigenvalue weighted by atomic mass is 16.5. The van der Waals surface area contributed by atoms with E-state index >= 15 is 0 Å². The summed E-state index contributed by atoms with van der Waals surface area (Å²) in [5.41, 5.74) is 2.34. The van der Waals surface area contributed by atoms with Crippen LogP contribution in [0.4, 0.5) is 5.69 Å². The minimum atomic E-state index is -0.255. The van der Waals surface area contributed by atoms with E-state index in [1.54, 1.807) is 36.4 Å². The van der Waals surface area contributed by atoms with E-state index in [0.717, 1.165) is 5.69 Å². The van der Waals surface area contributed by atoms with Gasteiger partial charge in [0.15, 0.2) is 5.78 Å². The summed E-state index contributed by atoms with van der Waals surface area (Å²) in [5, 5.41) is 0. The lowest BCUT2D eigenvalue weighted by molar-refractivity contribution is 0.0657. The Bertz CT molecular complexity index is 918. The molecule has 6 heteroatoms. The average Bonchev–Trinajstić information content (AvgIpc) is 2.90. The molecule has 2 aliphatic heterocycles. The lowest BCUT2D eigenvalue weighted by Crippen LogP contribution is -2.44. The summed E-state index contributed by atoms with van der Waals surface area (Å²) >= 11 is 0. The molecule has 2 amide bonds. The third-order valence-corrected chi connectivity index (χ3v) is 4.98. The van der Waals surface area contributed by atoms with Crippen molar-refractivity contribution in [3.8, 4) is 5.75 Å². The Morgan fingerprint density at radius 2 is 1.74 bits per heavy atom. The fourth-order valence-electron chi connectivity index (χ4n) is 3.62. The van der Waals surface area contributed by atoms with Crippen LogP contribution in [-0.2, 0) is 0 Å². The van der Waals surface area contributed by atoms with Gasteiger partial charge in [-0.15, -0.1) is 0 Å². The van der Waals surface area contributed by atoms with Crippen molar-refractivity contribution >= 4 is 23.3 Å². The van der Waals surface area contributed by atoms with Crippen LogP contribution in [0.1, 0.15) is 44.9 Å². The van der Waals surface area contributed by atoms with Crippen LogP contribution in [0.15, 0.2) is 42.5 Å². The topological polar surface area (TPSA) is 66.9 Å². The number of Topliss-reactive ketones (excluding diaryl/α,β-unsaturated/α-hetero) is 1. The number of nitrogens with zero attached hydrogens (tertiary/aromatic N) is 2. The number of carbonyl (C=O) groups is 3. The highest BCUT2D eigenvalue weighted by molar-refractivity contribution is 6.21. The zero-order valence-electron chi connectivity index (χ0n) is 15.3. The van der Waals surface area contributed by atoms with Gasteiger partial charge in [0.2, 0.25) is 0 Å². The molecule has 2 aliphatic rings. The number of ketones is 1. The van der Waals surface area contributed by atoms with Crippen LogP contribution in [0.3, 0.4) is 0 Å². The summed E-state index contributed by atoms with van der Waals surface area (Å²) in [6.07, 6.45) is -0.0251. The summed E-state index contributed by atoms with van der Waals surface area (Å²) in [7, 11) is 0. The molecule has 27 heavy (non-hydrogen) atoms. The first-order valence-corrected chi connectivity index (χ1v) is 8.97. The van der Waals surface area contributed by atoms with Gasteiger partial charge in [0.25, 0.3) is 11.8 Å². The SMILES string of the molecule is CC(=O)c1ccc2c(c1)N(CCN1C(=O)c3ccccc3C1=O)CC(C)O2. The second-order valence-corrected chi connectivity index (χ2v) is 6.92. The average molecular weight is 364 g/mol. The largest absolute Gasteiger partial charge is 0.487 e. The molecule has 4 rings (SSSR count). The van der Waals surface area contributed by atoms with Gasteiger partial charge in [-0.05, 0) is 44.2 Å². The van der Waals surface area contributed by atoms with E-state index in [9.17, 15) is 14.4 Å². The van der Waals surface area contributed by atoms with Crippen molar-refractivity contribution in [3.05, 3.63) is 59.2 Å². The van der Waals surface area contributed by atoms with Gasteiger partial charge >= 0.3 is 0 Å². The molecule has 0 saturated heterocycles. The van der Waals surface area contributed by atoms with E-state index < -0.39 is 0 Å². The maximum absolute atomic E-state index is 12.6. The van der Waals surface area contributed by atoms with Crippen molar-refractivity contribution in [3.63, 3.8) is 0 Å². The highest BCUT2D eigenvalue weighted by Gasteiger charge is 2.35. The number of benzene rings is 2. The second kappa shape index (κ2) is 6.54. The molecule has 6 nitrogen and oxygen atoms in total. The number of ether oxygens (including phenoxy) is 1. The van der Waals surface area contributed by atoms with Gasteiger partial charge in [-0.25, -0.2) is 0 Å². The third-order valence-electron chi connectivity index (χ3n) is 4.98. The van der Waals surface area contributed by atoms with Gasteiger partial charge in [-0.1, -0.05) is 12.1 Å². The smallest absolute Gasteiger partial charge is 0.261 e. The minimum Gasteiger partial charge on any atom is -0.487 e. The highest BCUT2D eigenvalue weighted by Crippen LogP contribution is 2.34. The summed E-state index contributed by atoms with van der Waals surface area (Å²) < 4.78 is 5.86. The van der Waals surface area contributed by atoms with Crippen LogP contribution < -0.4 is 9.64 Å². The van der Waals surface area contributed by atoms with Gasteiger partial charge in [-0.3, -0.25) is 19.3 Å². The molecule has 0 saturated carbocycles. The van der Waals surface area contributed by atoms with E-state index in [-0.39, 0.29) is 30.2 Å². The summed E-state index contributed by atoms with van der Waals surface area (Å²) in [5.74, 6) is 0.182. The molecular weight excluding hydrogens is 344 g/mol. The number of imide groups is 1. The molecule has 0 aromatic heterocycles. The number of amides is 2. The zero-order valence-corrected chi connectivity index (χ0v) is 15.3. The van der Waals surface area contributed by atoms with Crippen LogP contribution in [-0.4, -0.2) is 48.2 Å². The minimum absolute atomic E-state index is 0.0169. The van der Waals surface area contributed by atoms with E-state index in [1.165, 1.54) is 11.8 Å². The number of fused-ring (bicyclic) bond motifs is 2. The molecule has 138 valence electrons. The molecule has 0 N–H and O–H groups in total. The van der Waals surface area contributed by atoms with E-state index in [4.69, 9.17) is 4.74 Å². The first-order valence-electron chi connectivity index (χ1n) is 8.97. The molecule has 0 radical (unpaired) electrons. The third kappa shape index (κ3) is 2.97. The van der Waals surface area contributed by atoms with Crippen molar-refractivity contribution in [2.24, 2.45) is 0 Å². The molecule has 1 atom stereocenters. The Labute approximate surface area is 157 Å². The maximum Gasteiger partial charge on any atom is 0.261 e. The first kappa shape index (κ1) is 17.3. The number of anilines is 1. The molecule has 0 bridgehead atoms. The monoisotopic (exact) mass is 364 g/mol. The summed E-state index contributed by atoms with van der Waals surface area (Å²) in [6.45, 7) is 4.88. The van der Waals surface area contributed by atoms with Crippen molar-refractivity contribution in [2.45, 2.75) is 20.0 Å². The lowest BCUT2D eigenvalue weighted by Gasteiger charge is -2.35. The van der Waals surface area contributed by atoms with Gasteiger partial charge in [-0.2, -0.15) is 0 Å². The number of carbonyl (C=O) groups excluding carboxylic acids is 3. The Morgan fingerprint density at radius 3 is 2.37 bits per heavy atom. The van der Waals surface area contributed by atoms with E-state index in [0.29, 0.717) is 35.5 Å². The molecule has 2 heterocycles. The van der Waals surface area contributed by atoms with Gasteiger partial charge < -0.3 is 9.64 Å². The second-order valence-electron chi connectivity index (χ2n) is 6.92. The summed E-state index contributed by atoms with van der Waals surface area (Å²) in [4.78, 5) is 40.2. The fourth-order valence-corrected chi connectivity index (χ4v) is 3.62. The Morgan fingerprint density at radius 1 is 1.07 bits per heavy atom. The molecule has 1 unspecified atom stereocenters.